The molecule has 0 atom stereocenters. The molecule has 0 bridgehead atoms. The van der Waals surface area contributed by atoms with Crippen molar-refractivity contribution in [3.63, 3.8) is 0 Å². The van der Waals surface area contributed by atoms with Crippen molar-refractivity contribution in [2.75, 3.05) is 0 Å². The summed E-state index contributed by atoms with van der Waals surface area (Å²) < 4.78 is 0. The third-order valence-electron chi connectivity index (χ3n) is 6.90. The highest BCUT2D eigenvalue weighted by atomic mass is 32.1. The van der Waals surface area contributed by atoms with E-state index < -0.39 is 8.07 Å². The van der Waals surface area contributed by atoms with Gasteiger partial charge in [0, 0.05) is 30.6 Å². The molecule has 3 heteroatoms. The summed E-state index contributed by atoms with van der Waals surface area (Å²) in [6, 6.07) is 23.2. The molecule has 0 spiro atoms. The molecule has 0 aliphatic heterocycles. The fourth-order valence-electron chi connectivity index (χ4n) is 5.83. The van der Waals surface area contributed by atoms with E-state index in [1.807, 2.05) is 22.7 Å². The van der Waals surface area contributed by atoms with Gasteiger partial charge in [0.25, 0.3) is 0 Å². The lowest BCUT2D eigenvalue weighted by atomic mass is 10.1. The first-order chi connectivity index (χ1) is 14.0. The molecular weight excluding hydrogens is 405 g/mol. The van der Waals surface area contributed by atoms with Gasteiger partial charge in [-0.25, -0.2) is 0 Å². The average molecular weight is 429 g/mol. The van der Waals surface area contributed by atoms with Gasteiger partial charge in [-0.1, -0.05) is 61.6 Å². The Bertz CT molecular complexity index is 1180. The normalized spacial score (nSPS) is 15.3. The van der Waals surface area contributed by atoms with Crippen molar-refractivity contribution < 1.29 is 0 Å². The molecule has 144 valence electrons. The molecule has 4 aromatic rings. The largest absolute Gasteiger partial charge is 0.145 e. The van der Waals surface area contributed by atoms with E-state index >= 15 is 0 Å². The molecule has 2 aliphatic carbocycles. The molecule has 0 N–H and O–H groups in total. The van der Waals surface area contributed by atoms with Crippen LogP contribution in [0, 0.1) is 13.8 Å². The summed E-state index contributed by atoms with van der Waals surface area (Å²) in [5.74, 6) is 0. The van der Waals surface area contributed by atoms with Gasteiger partial charge in [0.15, 0.2) is 0 Å². The van der Waals surface area contributed by atoms with E-state index in [1.54, 1.807) is 20.9 Å². The third kappa shape index (κ3) is 2.35. The van der Waals surface area contributed by atoms with Gasteiger partial charge >= 0.3 is 0 Å². The zero-order chi connectivity index (χ0) is 19.9. The number of hydrogen-bond acceptors (Lipinski definition) is 2. The van der Waals surface area contributed by atoms with Gasteiger partial charge in [-0.2, -0.15) is 0 Å². The van der Waals surface area contributed by atoms with Gasteiger partial charge < -0.3 is 0 Å². The van der Waals surface area contributed by atoms with Crippen LogP contribution in [0.3, 0.4) is 0 Å². The summed E-state index contributed by atoms with van der Waals surface area (Å²) >= 11 is 4.08. The number of benzene rings is 2. The summed E-state index contributed by atoms with van der Waals surface area (Å²) in [5.41, 5.74) is 10.2. The van der Waals surface area contributed by atoms with E-state index in [2.05, 4.69) is 87.6 Å². The van der Waals surface area contributed by atoms with Crippen molar-refractivity contribution in [3.05, 3.63) is 91.3 Å². The van der Waals surface area contributed by atoms with Crippen LogP contribution in [0.1, 0.15) is 41.7 Å². The summed E-state index contributed by atoms with van der Waals surface area (Å²) in [5, 5.41) is 0. The monoisotopic (exact) mass is 428 g/mol. The van der Waals surface area contributed by atoms with Crippen LogP contribution in [0.4, 0.5) is 0 Å². The fraction of sp³-hybridized carbons (Fsp3) is 0.231. The van der Waals surface area contributed by atoms with Crippen molar-refractivity contribution in [2.24, 2.45) is 0 Å². The first kappa shape index (κ1) is 17.9. The van der Waals surface area contributed by atoms with Crippen LogP contribution in [0.2, 0.25) is 13.1 Å². The number of rotatable bonds is 2. The van der Waals surface area contributed by atoms with Crippen molar-refractivity contribution in [1.29, 1.82) is 0 Å². The van der Waals surface area contributed by atoms with E-state index in [-0.39, 0.29) is 0 Å². The predicted molar refractivity (Wildman–Crippen MR) is 130 cm³/mol. The Morgan fingerprint density at radius 3 is 1.55 bits per heavy atom. The number of hydrogen-bond donors (Lipinski definition) is 0. The van der Waals surface area contributed by atoms with E-state index in [9.17, 15) is 0 Å². The average Bonchev–Trinajstić information content (AvgIpc) is 3.39. The molecular formula is C26H24S2Si. The SMILES string of the molecule is Cc1cc2c(s1)C([Si](C)(C)C1c3ccccc3-c3ccccc31)c1sc(C)cc1-2. The highest BCUT2D eigenvalue weighted by molar-refractivity contribution is 7.16. The Morgan fingerprint density at radius 2 is 1.07 bits per heavy atom. The first-order valence-corrected chi connectivity index (χ1v) is 15.1. The fourth-order valence-corrected chi connectivity index (χ4v) is 14.3. The van der Waals surface area contributed by atoms with Crippen LogP contribution in [-0.4, -0.2) is 8.07 Å². The van der Waals surface area contributed by atoms with E-state index in [0.717, 1.165) is 0 Å². The third-order valence-corrected chi connectivity index (χ3v) is 13.7. The molecule has 0 amide bonds. The highest BCUT2D eigenvalue weighted by Gasteiger charge is 2.50. The molecule has 0 saturated heterocycles. The second-order valence-electron chi connectivity index (χ2n) is 9.13. The maximum Gasteiger partial charge on any atom is 0.0752 e. The predicted octanol–water partition coefficient (Wildman–Crippen LogP) is 8.14. The van der Waals surface area contributed by atoms with Crippen molar-refractivity contribution in [2.45, 2.75) is 38.0 Å². The Kier molecular flexibility index (Phi) is 3.72. The van der Waals surface area contributed by atoms with Gasteiger partial charge in [0.1, 0.15) is 0 Å². The van der Waals surface area contributed by atoms with Crippen LogP contribution >= 0.6 is 22.7 Å². The molecule has 2 aromatic heterocycles. The van der Waals surface area contributed by atoms with E-state index in [4.69, 9.17) is 0 Å². The smallest absolute Gasteiger partial charge is 0.0752 e. The Hall–Kier alpha value is -1.94. The first-order valence-electron chi connectivity index (χ1n) is 10.4. The molecule has 0 nitrogen and oxygen atoms in total. The molecule has 2 heterocycles. The van der Waals surface area contributed by atoms with Gasteiger partial charge in [0.2, 0.25) is 0 Å². The molecule has 0 unspecified atom stereocenters. The minimum Gasteiger partial charge on any atom is -0.145 e. The van der Waals surface area contributed by atoms with Gasteiger partial charge in [-0.15, -0.1) is 22.7 Å². The lowest BCUT2D eigenvalue weighted by Crippen LogP contribution is -2.41. The number of thiophene rings is 2. The van der Waals surface area contributed by atoms with Crippen LogP contribution in [-0.2, 0) is 0 Å². The standard InChI is InChI=1S/C26H24S2Si/c1-15-13-21-22-14-16(2)28-24(22)26(23(21)27-15)29(3,4)25-19-11-7-5-9-17(19)18-10-6-8-12-20(18)25/h5-14,25-26H,1-4H3. The summed E-state index contributed by atoms with van der Waals surface area (Å²) in [7, 11) is -1.79. The molecule has 0 fully saturated rings. The minimum absolute atomic E-state index is 0.545. The van der Waals surface area contributed by atoms with E-state index in [1.165, 1.54) is 32.0 Å². The molecule has 2 aliphatic rings. The van der Waals surface area contributed by atoms with Gasteiger partial charge in [0.05, 0.1) is 8.07 Å². The lowest BCUT2D eigenvalue weighted by Gasteiger charge is -2.37. The van der Waals surface area contributed by atoms with Crippen LogP contribution in [0.5, 0.6) is 0 Å². The topological polar surface area (TPSA) is 0 Å². The van der Waals surface area contributed by atoms with Crippen molar-refractivity contribution in [1.82, 2.24) is 0 Å². The summed E-state index contributed by atoms with van der Waals surface area (Å²) in [6.45, 7) is 9.83. The van der Waals surface area contributed by atoms with Gasteiger partial charge in [-0.05, 0) is 59.4 Å². The van der Waals surface area contributed by atoms with Gasteiger partial charge in [-0.3, -0.25) is 0 Å². The number of fused-ring (bicyclic) bond motifs is 6. The quantitative estimate of drug-likeness (QED) is 0.283. The molecule has 0 radical (unpaired) electrons. The van der Waals surface area contributed by atoms with Crippen molar-refractivity contribution in [3.8, 4) is 22.3 Å². The minimum atomic E-state index is -1.79. The molecule has 0 saturated carbocycles. The highest BCUT2D eigenvalue weighted by Crippen LogP contribution is 2.60. The van der Waals surface area contributed by atoms with E-state index in [0.29, 0.717) is 11.1 Å². The number of aryl methyl sites for hydroxylation is 2. The van der Waals surface area contributed by atoms with Crippen LogP contribution in [0.25, 0.3) is 22.3 Å². The zero-order valence-electron chi connectivity index (χ0n) is 17.2. The summed E-state index contributed by atoms with van der Waals surface area (Å²) in [6.07, 6.45) is 0. The van der Waals surface area contributed by atoms with Crippen LogP contribution in [0.15, 0.2) is 60.7 Å². The zero-order valence-corrected chi connectivity index (χ0v) is 19.9. The summed E-state index contributed by atoms with van der Waals surface area (Å²) in [4.78, 5) is 6.18. The second-order valence-corrected chi connectivity index (χ2v) is 16.5. The molecule has 6 rings (SSSR count). The Labute approximate surface area is 181 Å². The van der Waals surface area contributed by atoms with Crippen molar-refractivity contribution >= 4 is 30.7 Å². The molecule has 2 aromatic carbocycles. The Balaban J connectivity index is 1.60. The molecule has 29 heavy (non-hydrogen) atoms. The second kappa shape index (κ2) is 6.04. The van der Waals surface area contributed by atoms with Crippen LogP contribution < -0.4 is 0 Å². The Morgan fingerprint density at radius 1 is 0.621 bits per heavy atom. The lowest BCUT2D eigenvalue weighted by molar-refractivity contribution is 1.03. The maximum absolute atomic E-state index is 2.64. The maximum atomic E-state index is 2.64.